The van der Waals surface area contributed by atoms with Crippen LogP contribution in [-0.2, 0) is 11.2 Å². The molecular formula is C24H30N2O4. The van der Waals surface area contributed by atoms with E-state index in [1.54, 1.807) is 6.20 Å². The van der Waals surface area contributed by atoms with Crippen LogP contribution in [0.4, 0.5) is 0 Å². The van der Waals surface area contributed by atoms with Gasteiger partial charge in [-0.1, -0.05) is 56.9 Å². The highest BCUT2D eigenvalue weighted by atomic mass is 16.5. The van der Waals surface area contributed by atoms with Gasteiger partial charge in [0.1, 0.15) is 12.0 Å². The third-order valence-electron chi connectivity index (χ3n) is 5.84. The molecule has 1 N–H and O–H groups in total. The van der Waals surface area contributed by atoms with Gasteiger partial charge in [0.25, 0.3) is 0 Å². The average Bonchev–Trinajstić information content (AvgIpc) is 3.40. The quantitative estimate of drug-likeness (QED) is 0.511. The van der Waals surface area contributed by atoms with Crippen LogP contribution in [0.15, 0.2) is 45.7 Å². The van der Waals surface area contributed by atoms with E-state index in [2.05, 4.69) is 36.2 Å². The molecule has 0 spiro atoms. The molecule has 0 saturated carbocycles. The molecular weight excluding hydrogens is 380 g/mol. The predicted molar refractivity (Wildman–Crippen MR) is 116 cm³/mol. The van der Waals surface area contributed by atoms with Crippen LogP contribution in [0.3, 0.4) is 0 Å². The number of nitrogens with zero attached hydrogens (tertiary/aromatic N) is 2. The number of aromatic nitrogens is 2. The zero-order chi connectivity index (χ0) is 20.9. The minimum absolute atomic E-state index is 0.0362. The predicted octanol–water partition coefficient (Wildman–Crippen LogP) is 4.84. The Morgan fingerprint density at radius 2 is 1.93 bits per heavy atom. The molecule has 1 aromatic carbocycles. The summed E-state index contributed by atoms with van der Waals surface area (Å²) in [5.41, 5.74) is 2.24. The van der Waals surface area contributed by atoms with Crippen molar-refractivity contribution >= 4 is 11.1 Å². The SMILES string of the molecule is CCCCCCCc1ccc(-c2cc3cn(C4CC[C@@H](CO)O4)c(=O)nc3o2)cc1. The molecule has 4 rings (SSSR count). The van der Waals surface area contributed by atoms with Crippen LogP contribution in [0.5, 0.6) is 0 Å². The minimum Gasteiger partial charge on any atom is -0.437 e. The zero-order valence-electron chi connectivity index (χ0n) is 17.5. The number of aryl methyl sites for hydroxylation is 1. The standard InChI is InChI=1S/C24H30N2O4/c1-2-3-4-5-6-7-17-8-10-18(11-9-17)21-14-19-15-26(24(28)25-23(19)30-21)22-13-12-20(16-27)29-22/h8-11,14-15,20,22,27H,2-7,12-13,16H2,1H3/t20-,22?/m0/s1. The molecule has 2 aromatic heterocycles. The molecule has 0 radical (unpaired) electrons. The highest BCUT2D eigenvalue weighted by Gasteiger charge is 2.27. The van der Waals surface area contributed by atoms with Crippen molar-refractivity contribution in [3.63, 3.8) is 0 Å². The van der Waals surface area contributed by atoms with Crippen molar-refractivity contribution in [3.8, 4) is 11.3 Å². The first-order valence-corrected chi connectivity index (χ1v) is 11.1. The molecule has 0 amide bonds. The molecule has 0 aliphatic carbocycles. The first-order chi connectivity index (χ1) is 14.7. The van der Waals surface area contributed by atoms with E-state index < -0.39 is 5.69 Å². The highest BCUT2D eigenvalue weighted by Crippen LogP contribution is 2.30. The maximum absolute atomic E-state index is 12.4. The number of fused-ring (bicyclic) bond motifs is 1. The summed E-state index contributed by atoms with van der Waals surface area (Å²) in [6.45, 7) is 2.20. The lowest BCUT2D eigenvalue weighted by Crippen LogP contribution is -2.27. The number of ether oxygens (including phenoxy) is 1. The van der Waals surface area contributed by atoms with Crippen molar-refractivity contribution in [2.75, 3.05) is 6.61 Å². The lowest BCUT2D eigenvalue weighted by atomic mass is 10.0. The maximum Gasteiger partial charge on any atom is 0.353 e. The molecule has 2 atom stereocenters. The molecule has 1 aliphatic rings. The van der Waals surface area contributed by atoms with Crippen LogP contribution in [-0.4, -0.2) is 27.4 Å². The van der Waals surface area contributed by atoms with Gasteiger partial charge in [0.2, 0.25) is 5.71 Å². The molecule has 3 aromatic rings. The fourth-order valence-electron chi connectivity index (χ4n) is 4.07. The number of hydrogen-bond donors (Lipinski definition) is 1. The van der Waals surface area contributed by atoms with E-state index >= 15 is 0 Å². The van der Waals surface area contributed by atoms with Crippen molar-refractivity contribution in [1.29, 1.82) is 0 Å². The monoisotopic (exact) mass is 410 g/mol. The number of rotatable bonds is 9. The molecule has 0 bridgehead atoms. The zero-order valence-corrected chi connectivity index (χ0v) is 17.5. The van der Waals surface area contributed by atoms with Crippen LogP contribution in [0.1, 0.15) is 63.7 Å². The molecule has 3 heterocycles. The van der Waals surface area contributed by atoms with E-state index in [-0.39, 0.29) is 18.9 Å². The summed E-state index contributed by atoms with van der Waals surface area (Å²) in [4.78, 5) is 16.5. The molecule has 30 heavy (non-hydrogen) atoms. The second-order valence-corrected chi connectivity index (χ2v) is 8.14. The van der Waals surface area contributed by atoms with Gasteiger partial charge in [-0.05, 0) is 37.3 Å². The fourth-order valence-corrected chi connectivity index (χ4v) is 4.07. The lowest BCUT2D eigenvalue weighted by molar-refractivity contribution is -0.0243. The third-order valence-corrected chi connectivity index (χ3v) is 5.84. The smallest absolute Gasteiger partial charge is 0.353 e. The van der Waals surface area contributed by atoms with Gasteiger partial charge < -0.3 is 14.3 Å². The lowest BCUT2D eigenvalue weighted by Gasteiger charge is -2.14. The van der Waals surface area contributed by atoms with Crippen molar-refractivity contribution < 1.29 is 14.3 Å². The molecule has 1 aliphatic heterocycles. The van der Waals surface area contributed by atoms with Crippen molar-refractivity contribution in [2.45, 2.75) is 70.6 Å². The molecule has 6 heteroatoms. The molecule has 6 nitrogen and oxygen atoms in total. The summed E-state index contributed by atoms with van der Waals surface area (Å²) in [5, 5.41) is 10.0. The van der Waals surface area contributed by atoms with Gasteiger partial charge in [-0.2, -0.15) is 4.98 Å². The molecule has 1 unspecified atom stereocenters. The topological polar surface area (TPSA) is 77.5 Å². The van der Waals surface area contributed by atoms with E-state index in [0.29, 0.717) is 17.9 Å². The Morgan fingerprint density at radius 3 is 2.67 bits per heavy atom. The second-order valence-electron chi connectivity index (χ2n) is 8.14. The normalized spacial score (nSPS) is 19.0. The first-order valence-electron chi connectivity index (χ1n) is 11.1. The average molecular weight is 411 g/mol. The Balaban J connectivity index is 1.47. The second kappa shape index (κ2) is 9.58. The van der Waals surface area contributed by atoms with Gasteiger partial charge in [0, 0.05) is 11.8 Å². The van der Waals surface area contributed by atoms with Crippen LogP contribution >= 0.6 is 0 Å². The number of aliphatic hydroxyl groups excluding tert-OH is 1. The Morgan fingerprint density at radius 1 is 1.13 bits per heavy atom. The van der Waals surface area contributed by atoms with Crippen LogP contribution in [0.2, 0.25) is 0 Å². The summed E-state index contributed by atoms with van der Waals surface area (Å²) in [5.74, 6) is 0.699. The maximum atomic E-state index is 12.4. The summed E-state index contributed by atoms with van der Waals surface area (Å²) in [6.07, 6.45) is 10.1. The van der Waals surface area contributed by atoms with Crippen LogP contribution in [0, 0.1) is 0 Å². The van der Waals surface area contributed by atoms with E-state index in [1.807, 2.05) is 6.07 Å². The summed E-state index contributed by atoms with van der Waals surface area (Å²) in [7, 11) is 0. The fraction of sp³-hybridized carbons (Fsp3) is 0.500. The summed E-state index contributed by atoms with van der Waals surface area (Å²) in [6, 6.07) is 10.3. The van der Waals surface area contributed by atoms with E-state index in [0.717, 1.165) is 23.8 Å². The minimum atomic E-state index is -0.398. The van der Waals surface area contributed by atoms with Gasteiger partial charge in [-0.15, -0.1) is 0 Å². The Kier molecular flexibility index (Phi) is 6.65. The molecule has 160 valence electrons. The van der Waals surface area contributed by atoms with Crippen LogP contribution < -0.4 is 5.69 Å². The van der Waals surface area contributed by atoms with Crippen molar-refractivity contribution in [1.82, 2.24) is 9.55 Å². The number of hydrogen-bond acceptors (Lipinski definition) is 5. The van der Waals surface area contributed by atoms with Gasteiger partial charge in [0.05, 0.1) is 18.1 Å². The highest BCUT2D eigenvalue weighted by molar-refractivity contribution is 5.79. The van der Waals surface area contributed by atoms with Crippen molar-refractivity contribution in [3.05, 3.63) is 52.6 Å². The largest absolute Gasteiger partial charge is 0.437 e. The van der Waals surface area contributed by atoms with Crippen LogP contribution in [0.25, 0.3) is 22.4 Å². The Hall–Kier alpha value is -2.44. The van der Waals surface area contributed by atoms with E-state index in [4.69, 9.17) is 9.15 Å². The van der Waals surface area contributed by atoms with Gasteiger partial charge in [-0.25, -0.2) is 4.79 Å². The summed E-state index contributed by atoms with van der Waals surface area (Å²) >= 11 is 0. The number of unbranched alkanes of at least 4 members (excludes halogenated alkanes) is 4. The number of furan rings is 1. The number of aliphatic hydroxyl groups is 1. The summed E-state index contributed by atoms with van der Waals surface area (Å²) < 4.78 is 13.1. The molecule has 1 fully saturated rings. The third kappa shape index (κ3) is 4.65. The Labute approximate surface area is 176 Å². The Bertz CT molecular complexity index is 1020. The van der Waals surface area contributed by atoms with Gasteiger partial charge >= 0.3 is 5.69 Å². The van der Waals surface area contributed by atoms with Gasteiger partial charge in [-0.3, -0.25) is 4.57 Å². The molecule has 1 saturated heterocycles. The number of benzene rings is 1. The van der Waals surface area contributed by atoms with Gasteiger partial charge in [0.15, 0.2) is 0 Å². The van der Waals surface area contributed by atoms with Crippen molar-refractivity contribution in [2.24, 2.45) is 0 Å². The first kappa shape index (κ1) is 20.8. The van der Waals surface area contributed by atoms with E-state index in [1.165, 1.54) is 42.2 Å². The van der Waals surface area contributed by atoms with E-state index in [9.17, 15) is 9.90 Å².